The minimum atomic E-state index is -4.59. The molecule has 1 amide bonds. The number of carbonyl (C=O) groups is 1. The Labute approximate surface area is 124 Å². The summed E-state index contributed by atoms with van der Waals surface area (Å²) in [6, 6.07) is 5.49. The van der Waals surface area contributed by atoms with Crippen LogP contribution in [0.2, 0.25) is 5.02 Å². The van der Waals surface area contributed by atoms with E-state index in [1.165, 1.54) is 24.3 Å². The van der Waals surface area contributed by atoms with Crippen LogP contribution in [0.15, 0.2) is 29.2 Å². The highest BCUT2D eigenvalue weighted by atomic mass is 35.5. The first-order valence-corrected chi connectivity index (χ1v) is 7.55. The average molecular weight is 345 g/mol. The molecule has 1 aromatic rings. The minimum absolute atomic E-state index is 0.0726. The Hall–Kier alpha value is -1.32. The smallest absolute Gasteiger partial charge is 0.354 e. The molecule has 0 saturated heterocycles. The van der Waals surface area contributed by atoms with Crippen molar-refractivity contribution >= 4 is 27.5 Å². The molecular formula is C11H12ClF3N2O3S. The summed E-state index contributed by atoms with van der Waals surface area (Å²) in [5.41, 5.74) is 0. The predicted octanol–water partition coefficient (Wildman–Crippen LogP) is 1.69. The van der Waals surface area contributed by atoms with Gasteiger partial charge in [0.25, 0.3) is 0 Å². The third kappa shape index (κ3) is 6.78. The molecule has 10 heteroatoms. The number of nitrogens with one attached hydrogen (secondary N) is 2. The van der Waals surface area contributed by atoms with Gasteiger partial charge in [0.1, 0.15) is 6.42 Å². The highest BCUT2D eigenvalue weighted by molar-refractivity contribution is 7.89. The van der Waals surface area contributed by atoms with Gasteiger partial charge in [0, 0.05) is 18.1 Å². The van der Waals surface area contributed by atoms with Crippen molar-refractivity contribution in [3.63, 3.8) is 0 Å². The summed E-state index contributed by atoms with van der Waals surface area (Å²) >= 11 is 5.66. The van der Waals surface area contributed by atoms with E-state index in [1.807, 2.05) is 5.32 Å². The maximum absolute atomic E-state index is 11.9. The molecule has 0 atom stereocenters. The van der Waals surface area contributed by atoms with E-state index in [2.05, 4.69) is 4.72 Å². The molecule has 0 heterocycles. The van der Waals surface area contributed by atoms with Crippen LogP contribution in [-0.2, 0) is 14.8 Å². The molecule has 0 aliphatic rings. The number of rotatable bonds is 6. The monoisotopic (exact) mass is 344 g/mol. The molecule has 5 nitrogen and oxygen atoms in total. The second-order valence-corrected chi connectivity index (χ2v) is 6.20. The third-order valence-electron chi connectivity index (χ3n) is 2.21. The van der Waals surface area contributed by atoms with Gasteiger partial charge in [0.05, 0.1) is 4.90 Å². The van der Waals surface area contributed by atoms with E-state index in [0.29, 0.717) is 0 Å². The standard InChI is InChI=1S/C11H12ClF3N2O3S/c12-8-2-1-3-9(6-8)21(19,20)17-5-4-16-10(18)7-11(13,14)15/h1-3,6,17H,4-5,7H2,(H,16,18). The van der Waals surface area contributed by atoms with Gasteiger partial charge in [-0.3, -0.25) is 4.79 Å². The van der Waals surface area contributed by atoms with Crippen molar-refractivity contribution < 1.29 is 26.4 Å². The maximum Gasteiger partial charge on any atom is 0.397 e. The summed E-state index contributed by atoms with van der Waals surface area (Å²) in [6.45, 7) is -0.493. The van der Waals surface area contributed by atoms with Gasteiger partial charge >= 0.3 is 6.18 Å². The predicted molar refractivity (Wildman–Crippen MR) is 70.3 cm³/mol. The molecule has 1 aromatic carbocycles. The number of carbonyl (C=O) groups excluding carboxylic acids is 1. The summed E-state index contributed by atoms with van der Waals surface area (Å²) in [7, 11) is -3.82. The highest BCUT2D eigenvalue weighted by Gasteiger charge is 2.30. The van der Waals surface area contributed by atoms with Gasteiger partial charge in [-0.1, -0.05) is 17.7 Å². The first kappa shape index (κ1) is 17.7. The Morgan fingerprint density at radius 1 is 1.24 bits per heavy atom. The number of hydrogen-bond acceptors (Lipinski definition) is 3. The number of alkyl halides is 3. The molecule has 0 aliphatic heterocycles. The first-order valence-electron chi connectivity index (χ1n) is 5.69. The third-order valence-corrected chi connectivity index (χ3v) is 3.90. The lowest BCUT2D eigenvalue weighted by molar-refractivity contribution is -0.153. The van der Waals surface area contributed by atoms with E-state index in [1.54, 1.807) is 0 Å². The number of amides is 1. The van der Waals surface area contributed by atoms with Gasteiger partial charge in [-0.2, -0.15) is 13.2 Å². The molecular weight excluding hydrogens is 333 g/mol. The van der Waals surface area contributed by atoms with Crippen LogP contribution in [0, 0.1) is 0 Å². The summed E-state index contributed by atoms with van der Waals surface area (Å²) < 4.78 is 61.4. The Morgan fingerprint density at radius 2 is 1.90 bits per heavy atom. The Kier molecular flexibility index (Phi) is 5.99. The molecule has 0 bridgehead atoms. The molecule has 0 spiro atoms. The zero-order chi connectivity index (χ0) is 16.1. The van der Waals surface area contributed by atoms with Crippen molar-refractivity contribution in [2.45, 2.75) is 17.5 Å². The molecule has 0 unspecified atom stereocenters. The molecule has 2 N–H and O–H groups in total. The number of sulfonamides is 1. The van der Waals surface area contributed by atoms with Gasteiger partial charge < -0.3 is 5.32 Å². The summed E-state index contributed by atoms with van der Waals surface area (Å²) in [5.74, 6) is -1.22. The number of hydrogen-bond donors (Lipinski definition) is 2. The van der Waals surface area contributed by atoms with Crippen molar-refractivity contribution in [2.24, 2.45) is 0 Å². The summed E-state index contributed by atoms with van der Waals surface area (Å²) in [5, 5.41) is 2.20. The van der Waals surface area contributed by atoms with Crippen molar-refractivity contribution in [2.75, 3.05) is 13.1 Å². The number of halogens is 4. The fourth-order valence-electron chi connectivity index (χ4n) is 1.35. The van der Waals surface area contributed by atoms with Crippen LogP contribution in [0.3, 0.4) is 0 Å². The van der Waals surface area contributed by atoms with Crippen LogP contribution in [0.5, 0.6) is 0 Å². The quantitative estimate of drug-likeness (QED) is 0.771. The Bertz CT molecular complexity index is 605. The van der Waals surface area contributed by atoms with Crippen LogP contribution in [0.1, 0.15) is 6.42 Å². The van der Waals surface area contributed by atoms with Crippen LogP contribution < -0.4 is 10.0 Å². The van der Waals surface area contributed by atoms with Crippen LogP contribution in [0.4, 0.5) is 13.2 Å². The van der Waals surface area contributed by atoms with E-state index < -0.39 is 28.5 Å². The lowest BCUT2D eigenvalue weighted by Crippen LogP contribution is -2.36. The molecule has 0 aromatic heterocycles. The van der Waals surface area contributed by atoms with Crippen molar-refractivity contribution in [1.29, 1.82) is 0 Å². The zero-order valence-electron chi connectivity index (χ0n) is 10.6. The van der Waals surface area contributed by atoms with Crippen LogP contribution >= 0.6 is 11.6 Å². The molecule has 0 radical (unpaired) electrons. The molecule has 1 rings (SSSR count). The SMILES string of the molecule is O=C(CC(F)(F)F)NCCNS(=O)(=O)c1cccc(Cl)c1. The van der Waals surface area contributed by atoms with E-state index in [-0.39, 0.29) is 23.0 Å². The van der Waals surface area contributed by atoms with Gasteiger partial charge in [0.2, 0.25) is 15.9 Å². The molecule has 0 fully saturated rings. The van der Waals surface area contributed by atoms with E-state index in [9.17, 15) is 26.4 Å². The Balaban J connectivity index is 2.44. The van der Waals surface area contributed by atoms with E-state index in [0.717, 1.165) is 0 Å². The highest BCUT2D eigenvalue weighted by Crippen LogP contribution is 2.18. The molecule has 21 heavy (non-hydrogen) atoms. The topological polar surface area (TPSA) is 75.3 Å². The molecule has 118 valence electrons. The fourth-order valence-corrected chi connectivity index (χ4v) is 2.68. The van der Waals surface area contributed by atoms with Crippen molar-refractivity contribution in [3.8, 4) is 0 Å². The zero-order valence-corrected chi connectivity index (χ0v) is 12.1. The van der Waals surface area contributed by atoms with Crippen LogP contribution in [0.25, 0.3) is 0 Å². The van der Waals surface area contributed by atoms with Gasteiger partial charge in [-0.25, -0.2) is 13.1 Å². The van der Waals surface area contributed by atoms with Crippen molar-refractivity contribution in [3.05, 3.63) is 29.3 Å². The second-order valence-electron chi connectivity index (χ2n) is 4.00. The second kappa shape index (κ2) is 7.10. The largest absolute Gasteiger partial charge is 0.397 e. The van der Waals surface area contributed by atoms with E-state index >= 15 is 0 Å². The minimum Gasteiger partial charge on any atom is -0.354 e. The Morgan fingerprint density at radius 3 is 2.48 bits per heavy atom. The lowest BCUT2D eigenvalue weighted by Gasteiger charge is -2.09. The lowest BCUT2D eigenvalue weighted by atomic mass is 10.4. The number of benzene rings is 1. The van der Waals surface area contributed by atoms with Gasteiger partial charge in [-0.05, 0) is 18.2 Å². The van der Waals surface area contributed by atoms with Crippen LogP contribution in [-0.4, -0.2) is 33.6 Å². The van der Waals surface area contributed by atoms with Crippen molar-refractivity contribution in [1.82, 2.24) is 10.0 Å². The summed E-state index contributed by atoms with van der Waals surface area (Å²) in [4.78, 5) is 10.8. The maximum atomic E-state index is 11.9. The van der Waals surface area contributed by atoms with E-state index in [4.69, 9.17) is 11.6 Å². The molecule has 0 saturated carbocycles. The molecule has 0 aliphatic carbocycles. The average Bonchev–Trinajstić information content (AvgIpc) is 2.32. The first-order chi connectivity index (χ1) is 9.60. The summed E-state index contributed by atoms with van der Waals surface area (Å²) in [6.07, 6.45) is -6.20. The van der Waals surface area contributed by atoms with Gasteiger partial charge in [-0.15, -0.1) is 0 Å². The normalized spacial score (nSPS) is 12.2. The van der Waals surface area contributed by atoms with Gasteiger partial charge in [0.15, 0.2) is 0 Å². The fraction of sp³-hybridized carbons (Fsp3) is 0.364.